The van der Waals surface area contributed by atoms with Gasteiger partial charge >= 0.3 is 6.18 Å². The lowest BCUT2D eigenvalue weighted by molar-refractivity contribution is -0.137. The van der Waals surface area contributed by atoms with Gasteiger partial charge in [0.2, 0.25) is 0 Å². The molecule has 0 spiro atoms. The first-order chi connectivity index (χ1) is 18.6. The summed E-state index contributed by atoms with van der Waals surface area (Å²) in [6, 6.07) is 14.3. The van der Waals surface area contributed by atoms with E-state index in [9.17, 15) is 18.3 Å². The van der Waals surface area contributed by atoms with Crippen LogP contribution in [-0.2, 0) is 11.8 Å². The van der Waals surface area contributed by atoms with Gasteiger partial charge in [-0.2, -0.15) is 13.2 Å². The summed E-state index contributed by atoms with van der Waals surface area (Å²) >= 11 is 0. The highest BCUT2D eigenvalue weighted by Gasteiger charge is 2.32. The fraction of sp³-hybridized carbons (Fsp3) is 0.500. The van der Waals surface area contributed by atoms with Crippen LogP contribution in [0.5, 0.6) is 0 Å². The van der Waals surface area contributed by atoms with E-state index in [-0.39, 0.29) is 18.1 Å². The summed E-state index contributed by atoms with van der Waals surface area (Å²) in [5.41, 5.74) is 0.932. The van der Waals surface area contributed by atoms with E-state index >= 15 is 0 Å². The number of aliphatic hydroxyl groups is 1. The first kappa shape index (κ1) is 27.5. The van der Waals surface area contributed by atoms with E-state index in [1.54, 1.807) is 32.2 Å². The average Bonchev–Trinajstić information content (AvgIpc) is 3.38. The molecule has 2 heterocycles. The van der Waals surface area contributed by atoms with Crippen LogP contribution in [0, 0.1) is 0 Å². The Labute approximate surface area is 227 Å². The number of benzene rings is 2. The number of oxazole rings is 1. The van der Waals surface area contributed by atoms with E-state index < -0.39 is 17.3 Å². The molecule has 2 fully saturated rings. The third-order valence-electron chi connectivity index (χ3n) is 7.87. The Morgan fingerprint density at radius 1 is 0.949 bits per heavy atom. The number of hydrogen-bond acceptors (Lipinski definition) is 6. The van der Waals surface area contributed by atoms with Crippen molar-refractivity contribution in [2.75, 3.05) is 23.3 Å². The van der Waals surface area contributed by atoms with Crippen molar-refractivity contribution in [2.24, 2.45) is 0 Å². The van der Waals surface area contributed by atoms with Gasteiger partial charge in [0.05, 0.1) is 17.4 Å². The third-order valence-corrected chi connectivity index (χ3v) is 7.87. The Hall–Kier alpha value is -3.04. The second-order valence-electron chi connectivity index (χ2n) is 11.3. The first-order valence-corrected chi connectivity index (χ1v) is 13.8. The van der Waals surface area contributed by atoms with Crippen LogP contribution in [-0.4, -0.2) is 41.3 Å². The average molecular weight is 543 g/mol. The molecule has 1 saturated heterocycles. The van der Waals surface area contributed by atoms with Gasteiger partial charge < -0.3 is 25.1 Å². The normalized spacial score (nSPS) is 22.6. The molecule has 2 aromatic carbocycles. The van der Waals surface area contributed by atoms with Crippen LogP contribution in [0.1, 0.15) is 63.5 Å². The number of hydrogen-bond donors (Lipinski definition) is 3. The Balaban J connectivity index is 1.22. The van der Waals surface area contributed by atoms with Gasteiger partial charge in [-0.05, 0) is 75.4 Å². The molecule has 1 aliphatic carbocycles. The molecule has 210 valence electrons. The topological polar surface area (TPSA) is 73.6 Å². The highest BCUT2D eigenvalue weighted by atomic mass is 19.4. The molecule has 2 aliphatic rings. The number of aromatic nitrogens is 1. The molecule has 1 aliphatic heterocycles. The fourth-order valence-electron chi connectivity index (χ4n) is 5.70. The molecule has 3 atom stereocenters. The van der Waals surface area contributed by atoms with Crippen LogP contribution < -0.4 is 15.5 Å². The zero-order valence-electron chi connectivity index (χ0n) is 22.5. The van der Waals surface area contributed by atoms with Crippen LogP contribution in [0.2, 0.25) is 0 Å². The van der Waals surface area contributed by atoms with Gasteiger partial charge in [-0.25, -0.2) is 4.98 Å². The number of rotatable bonds is 7. The van der Waals surface area contributed by atoms with Crippen LogP contribution >= 0.6 is 0 Å². The summed E-state index contributed by atoms with van der Waals surface area (Å²) in [6.07, 6.45) is 3.70. The number of nitrogens with one attached hydrogen (secondary N) is 2. The molecule has 5 rings (SSSR count). The summed E-state index contributed by atoms with van der Waals surface area (Å²) in [6.45, 7) is 5.11. The second kappa shape index (κ2) is 11.2. The van der Waals surface area contributed by atoms with Crippen LogP contribution in [0.3, 0.4) is 0 Å². The lowest BCUT2D eigenvalue weighted by atomic mass is 9.89. The lowest BCUT2D eigenvalue weighted by Gasteiger charge is -2.40. The van der Waals surface area contributed by atoms with E-state index in [1.807, 2.05) is 24.3 Å². The Bertz CT molecular complexity index is 1240. The van der Waals surface area contributed by atoms with Crippen LogP contribution in [0.25, 0.3) is 11.3 Å². The lowest BCUT2D eigenvalue weighted by Crippen LogP contribution is -2.54. The summed E-state index contributed by atoms with van der Waals surface area (Å²) in [5.74, 6) is 0.642. The molecule has 1 saturated carbocycles. The number of alkyl halides is 3. The Morgan fingerprint density at radius 3 is 2.41 bits per heavy atom. The van der Waals surface area contributed by atoms with Crippen molar-refractivity contribution >= 4 is 11.7 Å². The quantitative estimate of drug-likeness (QED) is 0.314. The molecular formula is C30H37F3N4O2. The van der Waals surface area contributed by atoms with Gasteiger partial charge in [-0.3, -0.25) is 0 Å². The molecule has 0 radical (unpaired) electrons. The Morgan fingerprint density at radius 2 is 1.69 bits per heavy atom. The SMILES string of the molecule is CC(C)(O)c1cccc(-c2cnc(N[C@@H]3CCCC[C@H]3N[C@H]3CCCN(c4ccc(C(F)(F)F)cc4)C3)o2)c1. The van der Waals surface area contributed by atoms with Gasteiger partial charge in [-0.1, -0.05) is 31.0 Å². The van der Waals surface area contributed by atoms with E-state index in [2.05, 4.69) is 20.5 Å². The molecule has 39 heavy (non-hydrogen) atoms. The van der Waals surface area contributed by atoms with E-state index in [4.69, 9.17) is 4.42 Å². The molecule has 0 unspecified atom stereocenters. The van der Waals surface area contributed by atoms with Crippen molar-refractivity contribution in [1.82, 2.24) is 10.3 Å². The number of anilines is 2. The molecule has 0 bridgehead atoms. The van der Waals surface area contributed by atoms with Gasteiger partial charge in [0.15, 0.2) is 5.76 Å². The Kier molecular flexibility index (Phi) is 7.91. The molecule has 6 nitrogen and oxygen atoms in total. The smallest absolute Gasteiger partial charge is 0.416 e. The van der Waals surface area contributed by atoms with E-state index in [0.717, 1.165) is 68.4 Å². The highest BCUT2D eigenvalue weighted by molar-refractivity contribution is 5.59. The molecule has 9 heteroatoms. The van der Waals surface area contributed by atoms with Gasteiger partial charge in [0, 0.05) is 42.5 Å². The van der Waals surface area contributed by atoms with Crippen LogP contribution in [0.15, 0.2) is 59.1 Å². The number of nitrogens with zero attached hydrogens (tertiary/aromatic N) is 2. The highest BCUT2D eigenvalue weighted by Crippen LogP contribution is 2.32. The number of halogens is 3. The van der Waals surface area contributed by atoms with Crippen molar-refractivity contribution in [3.63, 3.8) is 0 Å². The number of piperidine rings is 1. The molecule has 1 aromatic heterocycles. The van der Waals surface area contributed by atoms with Gasteiger partial charge in [-0.15, -0.1) is 0 Å². The van der Waals surface area contributed by atoms with Gasteiger partial charge in [0.25, 0.3) is 6.01 Å². The van der Waals surface area contributed by atoms with Crippen molar-refractivity contribution in [2.45, 2.75) is 82.3 Å². The largest absolute Gasteiger partial charge is 0.424 e. The predicted octanol–water partition coefficient (Wildman–Crippen LogP) is 6.57. The molecule has 3 aromatic rings. The second-order valence-corrected chi connectivity index (χ2v) is 11.3. The zero-order chi connectivity index (χ0) is 27.6. The van der Waals surface area contributed by atoms with Crippen molar-refractivity contribution in [1.29, 1.82) is 0 Å². The predicted molar refractivity (Wildman–Crippen MR) is 147 cm³/mol. The minimum atomic E-state index is -4.32. The minimum absolute atomic E-state index is 0.161. The standard InChI is InChI=1S/C30H37F3N4O2/c1-29(2,38)22-8-5-7-20(17-22)27-18-34-28(39-27)36-26-11-4-3-10-25(26)35-23-9-6-16-37(19-23)24-14-12-21(13-15-24)30(31,32)33/h5,7-8,12-15,17-18,23,25-26,35,38H,3-4,6,9-11,16,19H2,1-2H3,(H,34,36)/t23-,25+,26+/m0/s1. The maximum atomic E-state index is 13.0. The van der Waals surface area contributed by atoms with E-state index in [0.29, 0.717) is 11.8 Å². The molecule has 3 N–H and O–H groups in total. The van der Waals surface area contributed by atoms with Crippen molar-refractivity contribution < 1.29 is 22.7 Å². The van der Waals surface area contributed by atoms with Crippen LogP contribution in [0.4, 0.5) is 24.9 Å². The fourth-order valence-corrected chi connectivity index (χ4v) is 5.70. The monoisotopic (exact) mass is 542 g/mol. The minimum Gasteiger partial charge on any atom is -0.424 e. The summed E-state index contributed by atoms with van der Waals surface area (Å²) < 4.78 is 45.0. The third kappa shape index (κ3) is 6.76. The van der Waals surface area contributed by atoms with E-state index in [1.165, 1.54) is 12.1 Å². The van der Waals surface area contributed by atoms with Gasteiger partial charge in [0.1, 0.15) is 0 Å². The van der Waals surface area contributed by atoms with Crippen molar-refractivity contribution in [3.8, 4) is 11.3 Å². The maximum Gasteiger partial charge on any atom is 0.416 e. The first-order valence-electron chi connectivity index (χ1n) is 13.8. The molecular weight excluding hydrogens is 505 g/mol. The summed E-state index contributed by atoms with van der Waals surface area (Å²) in [5, 5.41) is 17.7. The zero-order valence-corrected chi connectivity index (χ0v) is 22.5. The summed E-state index contributed by atoms with van der Waals surface area (Å²) in [4.78, 5) is 6.65. The maximum absolute atomic E-state index is 13.0. The van der Waals surface area contributed by atoms with Crippen molar-refractivity contribution in [3.05, 3.63) is 65.9 Å². The summed E-state index contributed by atoms with van der Waals surface area (Å²) in [7, 11) is 0. The molecule has 0 amide bonds.